The van der Waals surface area contributed by atoms with Crippen LogP contribution in [-0.4, -0.2) is 27.0 Å². The van der Waals surface area contributed by atoms with Crippen LogP contribution in [0.4, 0.5) is 5.69 Å². The van der Waals surface area contributed by atoms with Crippen molar-refractivity contribution in [2.75, 3.05) is 5.32 Å². The number of carboxylic acid groups (broad SMARTS) is 1. The summed E-state index contributed by atoms with van der Waals surface area (Å²) < 4.78 is 0. The molecule has 0 atom stereocenters. The predicted molar refractivity (Wildman–Crippen MR) is 87.5 cm³/mol. The van der Waals surface area contributed by atoms with E-state index in [-0.39, 0.29) is 0 Å². The first-order chi connectivity index (χ1) is 10.9. The third-order valence-corrected chi connectivity index (χ3v) is 3.54. The Hall–Kier alpha value is -2.67. The van der Waals surface area contributed by atoms with E-state index in [9.17, 15) is 9.59 Å². The highest BCUT2D eigenvalue weighted by Gasteiger charge is 2.04. The summed E-state index contributed by atoms with van der Waals surface area (Å²) in [5.41, 5.74) is 2.40. The summed E-state index contributed by atoms with van der Waals surface area (Å²) in [7, 11) is 0. The Morgan fingerprint density at radius 3 is 2.26 bits per heavy atom. The number of rotatable bonds is 5. The molecule has 1 heterocycles. The van der Waals surface area contributed by atoms with Gasteiger partial charge < -0.3 is 10.4 Å². The first-order valence-corrected chi connectivity index (χ1v) is 7.56. The minimum absolute atomic E-state index is 0.495. The number of carbonyl (C=O) groups is 2. The number of aromatic nitrogens is 2. The van der Waals surface area contributed by atoms with Crippen LogP contribution in [0.1, 0.15) is 11.4 Å². The summed E-state index contributed by atoms with van der Waals surface area (Å²) in [6.07, 6.45) is 1.76. The van der Waals surface area contributed by atoms with E-state index in [1.807, 2.05) is 32.0 Å². The summed E-state index contributed by atoms with van der Waals surface area (Å²) in [6, 6.07) is 9.05. The van der Waals surface area contributed by atoms with E-state index in [1.165, 1.54) is 11.8 Å². The number of hydrogen-bond donors (Lipinski definition) is 2. The highest BCUT2D eigenvalue weighted by atomic mass is 32.2. The van der Waals surface area contributed by atoms with Crippen LogP contribution in [0.5, 0.6) is 0 Å². The molecule has 2 N–H and O–H groups in total. The van der Waals surface area contributed by atoms with Gasteiger partial charge in [-0.3, -0.25) is 4.79 Å². The van der Waals surface area contributed by atoms with E-state index in [0.717, 1.165) is 28.4 Å². The smallest absolute Gasteiger partial charge is 0.328 e. The highest BCUT2D eigenvalue weighted by Crippen LogP contribution is 2.26. The average molecular weight is 329 g/mol. The van der Waals surface area contributed by atoms with Crippen LogP contribution in [-0.2, 0) is 9.59 Å². The van der Waals surface area contributed by atoms with Crippen molar-refractivity contribution in [3.8, 4) is 0 Å². The van der Waals surface area contributed by atoms with Crippen molar-refractivity contribution >= 4 is 29.3 Å². The third-order valence-electron chi connectivity index (χ3n) is 2.67. The summed E-state index contributed by atoms with van der Waals surface area (Å²) in [4.78, 5) is 31.5. The molecule has 1 aromatic heterocycles. The lowest BCUT2D eigenvalue weighted by Crippen LogP contribution is -2.08. The molecule has 1 aromatic carbocycles. The second kappa shape index (κ2) is 7.55. The van der Waals surface area contributed by atoms with E-state index in [2.05, 4.69) is 15.3 Å². The second-order valence-corrected chi connectivity index (χ2v) is 5.76. The number of hydrogen-bond acceptors (Lipinski definition) is 5. The van der Waals surface area contributed by atoms with Gasteiger partial charge in [0.2, 0.25) is 5.91 Å². The van der Waals surface area contributed by atoms with Gasteiger partial charge in [-0.2, -0.15) is 0 Å². The molecular formula is C16H15N3O3S. The minimum atomic E-state index is -1.17. The maximum absolute atomic E-state index is 11.5. The van der Waals surface area contributed by atoms with Gasteiger partial charge in [0.25, 0.3) is 0 Å². The van der Waals surface area contributed by atoms with Crippen LogP contribution in [0.3, 0.4) is 0 Å². The number of nitrogens with one attached hydrogen (secondary N) is 1. The van der Waals surface area contributed by atoms with Crippen molar-refractivity contribution in [2.45, 2.75) is 23.9 Å². The predicted octanol–water partition coefficient (Wildman–Crippen LogP) is 2.82. The lowest BCUT2D eigenvalue weighted by atomic mass is 10.3. The van der Waals surface area contributed by atoms with Crippen molar-refractivity contribution in [2.24, 2.45) is 0 Å². The van der Waals surface area contributed by atoms with E-state index >= 15 is 0 Å². The quantitative estimate of drug-likeness (QED) is 0.647. The zero-order valence-corrected chi connectivity index (χ0v) is 13.4. The maximum atomic E-state index is 11.5. The van der Waals surface area contributed by atoms with Gasteiger partial charge in [0.05, 0.1) is 0 Å². The molecule has 7 heteroatoms. The summed E-state index contributed by atoms with van der Waals surface area (Å²) in [5, 5.41) is 11.7. The van der Waals surface area contributed by atoms with Gasteiger partial charge in [0, 0.05) is 34.1 Å². The van der Waals surface area contributed by atoms with Gasteiger partial charge in [0.1, 0.15) is 0 Å². The lowest BCUT2D eigenvalue weighted by molar-refractivity contribution is -0.131. The fourth-order valence-corrected chi connectivity index (χ4v) is 2.64. The van der Waals surface area contributed by atoms with E-state index < -0.39 is 11.9 Å². The second-order valence-electron chi connectivity index (χ2n) is 4.72. The summed E-state index contributed by atoms with van der Waals surface area (Å²) in [5.74, 6) is -1.66. The fraction of sp³-hybridized carbons (Fsp3) is 0.125. The molecule has 0 saturated heterocycles. The molecule has 1 amide bonds. The molecule has 118 valence electrons. The van der Waals surface area contributed by atoms with Gasteiger partial charge >= 0.3 is 5.97 Å². The first-order valence-electron chi connectivity index (χ1n) is 6.74. The van der Waals surface area contributed by atoms with E-state index in [4.69, 9.17) is 5.11 Å². The molecule has 0 radical (unpaired) electrons. The van der Waals surface area contributed by atoms with Crippen LogP contribution in [0, 0.1) is 13.8 Å². The molecule has 0 fully saturated rings. The Balaban J connectivity index is 2.02. The molecule has 2 aromatic rings. The average Bonchev–Trinajstić information content (AvgIpc) is 2.46. The number of amides is 1. The zero-order chi connectivity index (χ0) is 16.8. The standard InChI is InChI=1S/C16H15N3O3S/c1-10-9-11(2)18-16(17-10)23-13-5-3-12(4-6-13)19-14(20)7-8-15(21)22/h3-9H,1-2H3,(H,19,20)(H,21,22)/b8-7+. The molecular weight excluding hydrogens is 314 g/mol. The van der Waals surface area contributed by atoms with Crippen molar-refractivity contribution in [1.82, 2.24) is 9.97 Å². The van der Waals surface area contributed by atoms with E-state index in [0.29, 0.717) is 10.8 Å². The van der Waals surface area contributed by atoms with Crippen LogP contribution in [0.2, 0.25) is 0 Å². The molecule has 2 rings (SSSR count). The van der Waals surface area contributed by atoms with Gasteiger partial charge in [-0.25, -0.2) is 14.8 Å². The SMILES string of the molecule is Cc1cc(C)nc(Sc2ccc(NC(=O)/C=C/C(=O)O)cc2)n1. The fourth-order valence-electron chi connectivity index (χ4n) is 1.78. The lowest BCUT2D eigenvalue weighted by Gasteiger charge is -2.05. The Morgan fingerprint density at radius 2 is 1.70 bits per heavy atom. The Bertz CT molecular complexity index is 737. The van der Waals surface area contributed by atoms with Crippen molar-refractivity contribution in [3.05, 3.63) is 53.9 Å². The number of aryl methyl sites for hydroxylation is 2. The van der Waals surface area contributed by atoms with Crippen molar-refractivity contribution < 1.29 is 14.7 Å². The Kier molecular flexibility index (Phi) is 5.48. The van der Waals surface area contributed by atoms with Gasteiger partial charge in [-0.1, -0.05) is 0 Å². The van der Waals surface area contributed by atoms with Crippen LogP contribution < -0.4 is 5.32 Å². The van der Waals surface area contributed by atoms with Gasteiger partial charge in [-0.05, 0) is 55.9 Å². The summed E-state index contributed by atoms with van der Waals surface area (Å²) in [6.45, 7) is 3.84. The van der Waals surface area contributed by atoms with Crippen LogP contribution in [0.25, 0.3) is 0 Å². The zero-order valence-electron chi connectivity index (χ0n) is 12.6. The molecule has 0 spiro atoms. The molecule has 23 heavy (non-hydrogen) atoms. The number of benzene rings is 1. The number of carboxylic acids is 1. The number of nitrogens with zero attached hydrogens (tertiary/aromatic N) is 2. The largest absolute Gasteiger partial charge is 0.478 e. The molecule has 0 aliphatic carbocycles. The number of aliphatic carboxylic acids is 1. The Morgan fingerprint density at radius 1 is 1.09 bits per heavy atom. The summed E-state index contributed by atoms with van der Waals surface area (Å²) >= 11 is 1.43. The minimum Gasteiger partial charge on any atom is -0.478 e. The first kappa shape index (κ1) is 16.7. The van der Waals surface area contributed by atoms with Gasteiger partial charge in [0.15, 0.2) is 5.16 Å². The molecule has 6 nitrogen and oxygen atoms in total. The number of carbonyl (C=O) groups excluding carboxylic acids is 1. The third kappa shape index (κ3) is 5.55. The Labute approximate surface area is 137 Å². The van der Waals surface area contributed by atoms with Crippen LogP contribution >= 0.6 is 11.8 Å². The van der Waals surface area contributed by atoms with Crippen molar-refractivity contribution in [1.29, 1.82) is 0 Å². The normalized spacial score (nSPS) is 10.7. The molecule has 0 saturated carbocycles. The maximum Gasteiger partial charge on any atom is 0.328 e. The van der Waals surface area contributed by atoms with Gasteiger partial charge in [-0.15, -0.1) is 0 Å². The number of anilines is 1. The van der Waals surface area contributed by atoms with Crippen molar-refractivity contribution in [3.63, 3.8) is 0 Å². The van der Waals surface area contributed by atoms with Crippen LogP contribution in [0.15, 0.2) is 52.5 Å². The molecule has 0 unspecified atom stereocenters. The monoisotopic (exact) mass is 329 g/mol. The highest BCUT2D eigenvalue weighted by molar-refractivity contribution is 7.99. The topological polar surface area (TPSA) is 92.2 Å². The van der Waals surface area contributed by atoms with E-state index in [1.54, 1.807) is 12.1 Å². The molecule has 0 aliphatic rings. The molecule has 0 aliphatic heterocycles. The molecule has 0 bridgehead atoms.